The van der Waals surface area contributed by atoms with E-state index in [0.717, 1.165) is 39.1 Å². The maximum atomic E-state index is 13.1. The fraction of sp³-hybridized carbons (Fsp3) is 0.174. The number of aryl methyl sites for hydroxylation is 1. The maximum absolute atomic E-state index is 13.1. The number of benzene rings is 1. The molecule has 0 fully saturated rings. The number of hydrogen-bond acceptors (Lipinski definition) is 6. The van der Waals surface area contributed by atoms with Crippen molar-refractivity contribution in [1.29, 1.82) is 0 Å². The molecule has 156 valence electrons. The zero-order valence-electron chi connectivity index (χ0n) is 17.0. The normalized spacial score (nSPS) is 14.4. The monoisotopic (exact) mass is 431 g/mol. The van der Waals surface area contributed by atoms with Gasteiger partial charge >= 0.3 is 0 Å². The minimum atomic E-state index is -3.65. The zero-order chi connectivity index (χ0) is 21.4. The molecule has 0 saturated heterocycles. The summed E-state index contributed by atoms with van der Waals surface area (Å²) in [6.45, 7) is 2.53. The number of nitrogens with one attached hydrogen (secondary N) is 1. The van der Waals surface area contributed by atoms with Crippen molar-refractivity contribution in [3.05, 3.63) is 83.8 Å². The molecule has 1 N–H and O–H groups in total. The van der Waals surface area contributed by atoms with Crippen molar-refractivity contribution >= 4 is 32.4 Å². The number of anilines is 2. The van der Waals surface area contributed by atoms with Crippen LogP contribution in [0.2, 0.25) is 0 Å². The van der Waals surface area contributed by atoms with Crippen LogP contribution in [0.15, 0.2) is 72.1 Å². The van der Waals surface area contributed by atoms with Crippen LogP contribution in [0, 0.1) is 6.92 Å². The summed E-state index contributed by atoms with van der Waals surface area (Å²) < 4.78 is 27.6. The smallest absolute Gasteiger partial charge is 0.260 e. The van der Waals surface area contributed by atoms with Crippen molar-refractivity contribution in [2.24, 2.45) is 0 Å². The molecule has 0 atom stereocenters. The highest BCUT2D eigenvalue weighted by Gasteiger charge is 2.30. The highest BCUT2D eigenvalue weighted by Crippen LogP contribution is 2.30. The molecule has 0 bridgehead atoms. The van der Waals surface area contributed by atoms with E-state index in [1.807, 2.05) is 43.3 Å². The lowest BCUT2D eigenvalue weighted by molar-refractivity contribution is 0.389. The van der Waals surface area contributed by atoms with Gasteiger partial charge in [0.2, 0.25) is 0 Å². The van der Waals surface area contributed by atoms with E-state index in [4.69, 9.17) is 0 Å². The average molecular weight is 432 g/mol. The van der Waals surface area contributed by atoms with Gasteiger partial charge in [0.15, 0.2) is 5.03 Å². The van der Waals surface area contributed by atoms with Gasteiger partial charge in [-0.3, -0.25) is 4.98 Å². The molecule has 1 aliphatic rings. The first-order valence-electron chi connectivity index (χ1n) is 10.0. The van der Waals surface area contributed by atoms with Crippen LogP contribution in [0.25, 0.3) is 10.9 Å². The molecule has 0 unspecified atom stereocenters. The SMILES string of the molecule is Cc1ccnc(S(=O)(=O)N2CCc3c(ccnc3Nc3cnc4ccccc4c3)C2)c1. The Morgan fingerprint density at radius 3 is 2.71 bits per heavy atom. The van der Waals surface area contributed by atoms with E-state index in [2.05, 4.69) is 20.3 Å². The number of sulfonamides is 1. The molecule has 4 aromatic rings. The zero-order valence-corrected chi connectivity index (χ0v) is 17.8. The number of para-hydroxylation sites is 1. The molecule has 0 aliphatic carbocycles. The first kappa shape index (κ1) is 19.6. The number of fused-ring (bicyclic) bond motifs is 2. The van der Waals surface area contributed by atoms with E-state index < -0.39 is 10.0 Å². The van der Waals surface area contributed by atoms with Gasteiger partial charge < -0.3 is 5.32 Å². The second-order valence-electron chi connectivity index (χ2n) is 7.60. The predicted molar refractivity (Wildman–Crippen MR) is 120 cm³/mol. The van der Waals surface area contributed by atoms with E-state index in [0.29, 0.717) is 19.5 Å². The van der Waals surface area contributed by atoms with Crippen LogP contribution >= 0.6 is 0 Å². The van der Waals surface area contributed by atoms with Crippen molar-refractivity contribution < 1.29 is 8.42 Å². The van der Waals surface area contributed by atoms with Crippen LogP contribution in [0.4, 0.5) is 11.5 Å². The molecule has 7 nitrogen and oxygen atoms in total. The standard InChI is InChI=1S/C23H21N5O2S/c1-16-6-9-24-22(12-16)31(29,30)28-11-8-20-18(15-28)7-10-25-23(20)27-19-13-17-4-2-3-5-21(17)26-14-19/h2-7,9-10,12-14H,8,11,15H2,1H3,(H,25,27). The highest BCUT2D eigenvalue weighted by molar-refractivity contribution is 7.89. The third-order valence-electron chi connectivity index (χ3n) is 5.46. The Morgan fingerprint density at radius 1 is 1.00 bits per heavy atom. The molecule has 1 aromatic carbocycles. The number of hydrogen-bond donors (Lipinski definition) is 1. The Kier molecular flexibility index (Phi) is 4.88. The molecule has 1 aliphatic heterocycles. The van der Waals surface area contributed by atoms with Crippen LogP contribution in [0.3, 0.4) is 0 Å². The summed E-state index contributed by atoms with van der Waals surface area (Å²) in [5.41, 5.74) is 4.61. The van der Waals surface area contributed by atoms with Crippen molar-refractivity contribution in [3.63, 3.8) is 0 Å². The Balaban J connectivity index is 1.42. The predicted octanol–water partition coefficient (Wildman–Crippen LogP) is 3.82. The molecule has 0 saturated carbocycles. The lowest BCUT2D eigenvalue weighted by Gasteiger charge is -2.28. The van der Waals surface area contributed by atoms with Gasteiger partial charge in [-0.25, -0.2) is 18.4 Å². The van der Waals surface area contributed by atoms with Gasteiger partial charge in [0.05, 0.1) is 17.4 Å². The average Bonchev–Trinajstić information content (AvgIpc) is 2.79. The van der Waals surface area contributed by atoms with Crippen molar-refractivity contribution in [1.82, 2.24) is 19.3 Å². The van der Waals surface area contributed by atoms with Gasteiger partial charge in [-0.2, -0.15) is 4.31 Å². The van der Waals surface area contributed by atoms with Gasteiger partial charge in [0, 0.05) is 36.4 Å². The number of rotatable bonds is 4. The molecule has 0 radical (unpaired) electrons. The van der Waals surface area contributed by atoms with E-state index in [1.54, 1.807) is 24.5 Å². The van der Waals surface area contributed by atoms with Crippen LogP contribution < -0.4 is 5.32 Å². The van der Waals surface area contributed by atoms with Crippen LogP contribution in [0.1, 0.15) is 16.7 Å². The Hall–Kier alpha value is -3.36. The summed E-state index contributed by atoms with van der Waals surface area (Å²) in [5, 5.41) is 4.49. The summed E-state index contributed by atoms with van der Waals surface area (Å²) in [6, 6.07) is 15.2. The van der Waals surface area contributed by atoms with Crippen LogP contribution in [0.5, 0.6) is 0 Å². The van der Waals surface area contributed by atoms with Gasteiger partial charge in [0.1, 0.15) is 5.82 Å². The fourth-order valence-corrected chi connectivity index (χ4v) is 5.27. The molecule has 4 heterocycles. The van der Waals surface area contributed by atoms with Crippen LogP contribution in [-0.2, 0) is 23.0 Å². The third-order valence-corrected chi connectivity index (χ3v) is 7.20. The number of aromatic nitrogens is 3. The molecule has 31 heavy (non-hydrogen) atoms. The van der Waals surface area contributed by atoms with Gasteiger partial charge in [-0.15, -0.1) is 0 Å². The Morgan fingerprint density at radius 2 is 1.84 bits per heavy atom. The van der Waals surface area contributed by atoms with Gasteiger partial charge in [0.25, 0.3) is 10.0 Å². The highest BCUT2D eigenvalue weighted by atomic mass is 32.2. The maximum Gasteiger partial charge on any atom is 0.260 e. The topological polar surface area (TPSA) is 88.1 Å². The van der Waals surface area contributed by atoms with Gasteiger partial charge in [-0.05, 0) is 54.8 Å². The lowest BCUT2D eigenvalue weighted by Crippen LogP contribution is -2.36. The van der Waals surface area contributed by atoms with Crippen molar-refractivity contribution in [2.75, 3.05) is 11.9 Å². The van der Waals surface area contributed by atoms with E-state index in [-0.39, 0.29) is 5.03 Å². The lowest BCUT2D eigenvalue weighted by atomic mass is 10.0. The van der Waals surface area contributed by atoms with Gasteiger partial charge in [-0.1, -0.05) is 18.2 Å². The second-order valence-corrected chi connectivity index (χ2v) is 9.48. The Bertz CT molecular complexity index is 1390. The largest absolute Gasteiger partial charge is 0.339 e. The summed E-state index contributed by atoms with van der Waals surface area (Å²) in [6.07, 6.45) is 5.59. The second kappa shape index (κ2) is 7.72. The minimum Gasteiger partial charge on any atom is -0.339 e. The number of pyridine rings is 3. The molecule has 0 amide bonds. The van der Waals surface area contributed by atoms with Crippen molar-refractivity contribution in [3.8, 4) is 0 Å². The van der Waals surface area contributed by atoms with E-state index >= 15 is 0 Å². The molecular formula is C23H21N5O2S. The summed E-state index contributed by atoms with van der Waals surface area (Å²) in [5.74, 6) is 0.736. The summed E-state index contributed by atoms with van der Waals surface area (Å²) in [7, 11) is -3.65. The van der Waals surface area contributed by atoms with E-state index in [1.165, 1.54) is 10.5 Å². The third kappa shape index (κ3) is 3.75. The molecule has 0 spiro atoms. The summed E-state index contributed by atoms with van der Waals surface area (Å²) in [4.78, 5) is 13.1. The first-order chi connectivity index (χ1) is 15.0. The fourth-order valence-electron chi connectivity index (χ4n) is 3.84. The molecule has 3 aromatic heterocycles. The molecule has 8 heteroatoms. The quantitative estimate of drug-likeness (QED) is 0.528. The Labute approximate surface area is 180 Å². The van der Waals surface area contributed by atoms with Crippen molar-refractivity contribution in [2.45, 2.75) is 24.9 Å². The minimum absolute atomic E-state index is 0.0885. The molecule has 5 rings (SSSR count). The first-order valence-corrected chi connectivity index (χ1v) is 11.5. The van der Waals surface area contributed by atoms with Crippen LogP contribution in [-0.4, -0.2) is 34.2 Å². The number of nitrogens with zero attached hydrogens (tertiary/aromatic N) is 4. The summed E-state index contributed by atoms with van der Waals surface area (Å²) >= 11 is 0. The van der Waals surface area contributed by atoms with E-state index in [9.17, 15) is 8.42 Å². The molecular weight excluding hydrogens is 410 g/mol.